The molecule has 1 atom stereocenters. The third kappa shape index (κ3) is 4.23. The molecule has 0 radical (unpaired) electrons. The zero-order valence-electron chi connectivity index (χ0n) is 8.71. The van der Waals surface area contributed by atoms with Gasteiger partial charge >= 0.3 is 93.8 Å². The van der Waals surface area contributed by atoms with Crippen molar-refractivity contribution in [2.24, 2.45) is 0 Å². The average molecular weight is 371 g/mol. The Morgan fingerprint density at radius 1 is 1.23 bits per heavy atom. The second-order valence-electron chi connectivity index (χ2n) is 3.46. The predicted molar refractivity (Wildman–Crippen MR) is 60.5 cm³/mol. The first-order valence-corrected chi connectivity index (χ1v) is 8.97. The van der Waals surface area contributed by atoms with Gasteiger partial charge in [-0.15, -0.1) is 0 Å². The van der Waals surface area contributed by atoms with Crippen molar-refractivity contribution in [2.75, 3.05) is 0 Å². The average Bonchev–Trinajstić information content (AvgIpc) is 2.09. The first-order valence-electron chi connectivity index (χ1n) is 4.89. The molecule has 0 aromatic heterocycles. The molecule has 1 aromatic carbocycles. The standard InChI is InChI=1S/C10H13.C2H5.Po/c1-3-4-10-7-5-9(2)6-8-10;1-2;/h3,5-8H,4H2,1-2H3;1H2,2H3;. The van der Waals surface area contributed by atoms with E-state index < -0.39 is 0 Å². The summed E-state index contributed by atoms with van der Waals surface area (Å²) in [4.78, 5) is 0. The van der Waals surface area contributed by atoms with E-state index in [9.17, 15) is 0 Å². The Morgan fingerprint density at radius 3 is 2.38 bits per heavy atom. The normalized spacial score (nSPS) is 12.8. The first kappa shape index (κ1) is 11.2. The van der Waals surface area contributed by atoms with Crippen LogP contribution in [0.5, 0.6) is 0 Å². The van der Waals surface area contributed by atoms with Gasteiger partial charge in [-0.2, -0.15) is 0 Å². The summed E-state index contributed by atoms with van der Waals surface area (Å²) >= 11 is -0.0371. The molecule has 0 nitrogen and oxygen atoms in total. The maximum atomic E-state index is 2.41. The number of rotatable bonds is 4. The molecule has 0 amide bonds. The fraction of sp³-hybridized carbons (Fsp3) is 0.500. The van der Waals surface area contributed by atoms with Crippen molar-refractivity contribution in [2.45, 2.75) is 34.8 Å². The molecule has 1 aromatic rings. The molecule has 0 N–H and O–H groups in total. The molecule has 0 spiro atoms. The molecule has 0 heterocycles. The van der Waals surface area contributed by atoms with E-state index in [4.69, 9.17) is 0 Å². The van der Waals surface area contributed by atoms with E-state index in [2.05, 4.69) is 45.0 Å². The van der Waals surface area contributed by atoms with Crippen LogP contribution in [0.4, 0.5) is 0 Å². The van der Waals surface area contributed by atoms with Gasteiger partial charge in [0.2, 0.25) is 0 Å². The van der Waals surface area contributed by atoms with Crippen LogP contribution in [0.25, 0.3) is 0 Å². The molecule has 0 aliphatic rings. The van der Waals surface area contributed by atoms with Gasteiger partial charge in [0.25, 0.3) is 0 Å². The third-order valence-corrected chi connectivity index (χ3v) is 6.25. The van der Waals surface area contributed by atoms with Gasteiger partial charge in [-0.3, -0.25) is 0 Å². The van der Waals surface area contributed by atoms with Gasteiger partial charge in [-0.1, -0.05) is 0 Å². The van der Waals surface area contributed by atoms with Gasteiger partial charge in [0.1, 0.15) is 0 Å². The van der Waals surface area contributed by atoms with Crippen LogP contribution in [0.15, 0.2) is 24.3 Å². The Morgan fingerprint density at radius 2 is 1.85 bits per heavy atom. The zero-order chi connectivity index (χ0) is 9.68. The summed E-state index contributed by atoms with van der Waals surface area (Å²) in [7, 11) is 0. The van der Waals surface area contributed by atoms with Crippen LogP contribution in [-0.4, -0.2) is 23.6 Å². The summed E-state index contributed by atoms with van der Waals surface area (Å²) in [5, 5.41) is 0. The van der Waals surface area contributed by atoms with Crippen LogP contribution in [0.2, 0.25) is 7.66 Å². The summed E-state index contributed by atoms with van der Waals surface area (Å²) in [6.45, 7) is 6.89. The SMILES string of the molecule is C[CH2][Po][CH](C)Cc1ccc(C)cc1. The Balaban J connectivity index is 2.49. The van der Waals surface area contributed by atoms with Crippen molar-refractivity contribution in [3.63, 3.8) is 0 Å². The van der Waals surface area contributed by atoms with Crippen molar-refractivity contribution in [3.05, 3.63) is 35.4 Å². The van der Waals surface area contributed by atoms with E-state index in [1.165, 1.54) is 21.6 Å². The molecule has 1 rings (SSSR count). The van der Waals surface area contributed by atoms with Crippen molar-refractivity contribution >= 4 is 23.6 Å². The zero-order valence-corrected chi connectivity index (χ0v) is 11.9. The van der Waals surface area contributed by atoms with Gasteiger partial charge in [-0.05, 0) is 0 Å². The molecule has 0 saturated heterocycles. The van der Waals surface area contributed by atoms with Crippen LogP contribution in [0.1, 0.15) is 25.0 Å². The minimum atomic E-state index is -0.0371. The number of aryl methyl sites for hydroxylation is 1. The summed E-state index contributed by atoms with van der Waals surface area (Å²) in [6, 6.07) is 9.00. The van der Waals surface area contributed by atoms with E-state index >= 15 is 0 Å². The Hall–Kier alpha value is 0.116. The Labute approximate surface area is 93.5 Å². The molecule has 0 saturated carbocycles. The molecule has 0 bridgehead atoms. The molecule has 1 heteroatoms. The molecule has 0 aliphatic carbocycles. The fourth-order valence-electron chi connectivity index (χ4n) is 1.40. The van der Waals surface area contributed by atoms with Crippen LogP contribution in [-0.2, 0) is 6.42 Å². The summed E-state index contributed by atoms with van der Waals surface area (Å²) in [5.74, 6) is 0. The quantitative estimate of drug-likeness (QED) is 0.760. The summed E-state index contributed by atoms with van der Waals surface area (Å²) in [5.41, 5.74) is 2.89. The number of hydrogen-bond donors (Lipinski definition) is 0. The third-order valence-electron chi connectivity index (χ3n) is 2.09. The first-order chi connectivity index (χ1) is 6.22. The van der Waals surface area contributed by atoms with Crippen LogP contribution >= 0.6 is 0 Å². The van der Waals surface area contributed by atoms with E-state index in [0.29, 0.717) is 0 Å². The maximum absolute atomic E-state index is 2.41. The van der Waals surface area contributed by atoms with Gasteiger partial charge in [-0.25, -0.2) is 0 Å². The van der Waals surface area contributed by atoms with Crippen molar-refractivity contribution in [1.29, 1.82) is 0 Å². The number of benzene rings is 1. The summed E-state index contributed by atoms with van der Waals surface area (Å²) in [6.07, 6.45) is 1.30. The van der Waals surface area contributed by atoms with Crippen LogP contribution in [0.3, 0.4) is 0 Å². The van der Waals surface area contributed by atoms with E-state index in [0.717, 1.165) is 3.58 Å². The molecule has 0 aliphatic heterocycles. The topological polar surface area (TPSA) is 0 Å². The van der Waals surface area contributed by atoms with Crippen LogP contribution < -0.4 is 0 Å². The van der Waals surface area contributed by atoms with Crippen molar-refractivity contribution in [3.8, 4) is 0 Å². The monoisotopic (exact) mass is 371 g/mol. The molecule has 72 valence electrons. The van der Waals surface area contributed by atoms with Gasteiger partial charge in [0.05, 0.1) is 0 Å². The minimum absolute atomic E-state index is 0.0371. The van der Waals surface area contributed by atoms with Crippen LogP contribution in [0, 0.1) is 6.92 Å². The summed E-state index contributed by atoms with van der Waals surface area (Å²) < 4.78 is 2.46. The molecular formula is C12H18Po. The van der Waals surface area contributed by atoms with Gasteiger partial charge < -0.3 is 0 Å². The molecule has 1 unspecified atom stereocenters. The number of hydrogen-bond acceptors (Lipinski definition) is 0. The second kappa shape index (κ2) is 5.76. The predicted octanol–water partition coefficient (Wildman–Crippen LogP) is 3.49. The van der Waals surface area contributed by atoms with Gasteiger partial charge in [0, 0.05) is 0 Å². The van der Waals surface area contributed by atoms with E-state index in [-0.39, 0.29) is 23.6 Å². The molecular weight excluding hydrogens is 353 g/mol. The van der Waals surface area contributed by atoms with E-state index in [1.807, 2.05) is 0 Å². The second-order valence-corrected chi connectivity index (χ2v) is 10.1. The van der Waals surface area contributed by atoms with Crippen molar-refractivity contribution < 1.29 is 0 Å². The molecule has 0 fully saturated rings. The molecule has 13 heavy (non-hydrogen) atoms. The van der Waals surface area contributed by atoms with Gasteiger partial charge in [0.15, 0.2) is 0 Å². The van der Waals surface area contributed by atoms with Crippen molar-refractivity contribution in [1.82, 2.24) is 0 Å². The van der Waals surface area contributed by atoms with E-state index in [1.54, 1.807) is 0 Å². The Kier molecular flexibility index (Phi) is 4.96. The Bertz CT molecular complexity index is 238. The fourth-order valence-corrected chi connectivity index (χ4v) is 4.82.